The molecule has 5 heteroatoms. The Morgan fingerprint density at radius 3 is 2.56 bits per heavy atom. The van der Waals surface area contributed by atoms with E-state index in [1.807, 2.05) is 18.4 Å². The standard InChI is InChI=1S/C11H15NO3S/c1-14-7-8-15-12-11(13)9-3-5-10(16-2)6-4-9/h3-6H,7-8H2,1-2H3,(H,12,13). The van der Waals surface area contributed by atoms with Gasteiger partial charge in [-0.2, -0.15) is 0 Å². The second kappa shape index (κ2) is 7.27. The summed E-state index contributed by atoms with van der Waals surface area (Å²) in [6.07, 6.45) is 1.99. The first-order valence-corrected chi connectivity index (χ1v) is 6.05. The monoisotopic (exact) mass is 241 g/mol. The molecular weight excluding hydrogens is 226 g/mol. The van der Waals surface area contributed by atoms with E-state index < -0.39 is 0 Å². The molecule has 1 N–H and O–H groups in total. The van der Waals surface area contributed by atoms with E-state index in [4.69, 9.17) is 9.57 Å². The second-order valence-electron chi connectivity index (χ2n) is 3.00. The summed E-state index contributed by atoms with van der Waals surface area (Å²) in [6, 6.07) is 7.32. The zero-order valence-corrected chi connectivity index (χ0v) is 10.2. The second-order valence-corrected chi connectivity index (χ2v) is 3.88. The molecule has 0 spiro atoms. The van der Waals surface area contributed by atoms with E-state index in [2.05, 4.69) is 5.48 Å². The Labute approximate surface area is 99.3 Å². The number of rotatable bonds is 6. The fraction of sp³-hybridized carbons (Fsp3) is 0.364. The van der Waals surface area contributed by atoms with Gasteiger partial charge < -0.3 is 4.74 Å². The zero-order chi connectivity index (χ0) is 11.8. The number of methoxy groups -OCH3 is 1. The van der Waals surface area contributed by atoms with Crippen LogP contribution in [0.25, 0.3) is 0 Å². The van der Waals surface area contributed by atoms with Gasteiger partial charge in [-0.05, 0) is 30.5 Å². The maximum Gasteiger partial charge on any atom is 0.274 e. The zero-order valence-electron chi connectivity index (χ0n) is 9.36. The summed E-state index contributed by atoms with van der Waals surface area (Å²) in [5.41, 5.74) is 2.92. The van der Waals surface area contributed by atoms with Gasteiger partial charge in [0.2, 0.25) is 0 Å². The summed E-state index contributed by atoms with van der Waals surface area (Å²) in [4.78, 5) is 17.6. The van der Waals surface area contributed by atoms with Crippen LogP contribution in [-0.2, 0) is 9.57 Å². The van der Waals surface area contributed by atoms with Crippen LogP contribution in [0.3, 0.4) is 0 Å². The molecular formula is C11H15NO3S. The Bertz CT molecular complexity index is 327. The third-order valence-electron chi connectivity index (χ3n) is 1.91. The smallest absolute Gasteiger partial charge is 0.274 e. The maximum absolute atomic E-state index is 11.5. The van der Waals surface area contributed by atoms with Crippen LogP contribution in [0.1, 0.15) is 10.4 Å². The molecule has 0 aliphatic carbocycles. The van der Waals surface area contributed by atoms with Crippen LogP contribution in [0.2, 0.25) is 0 Å². The molecule has 88 valence electrons. The molecule has 0 heterocycles. The summed E-state index contributed by atoms with van der Waals surface area (Å²) in [5, 5.41) is 0. The summed E-state index contributed by atoms with van der Waals surface area (Å²) in [6.45, 7) is 0.789. The van der Waals surface area contributed by atoms with Gasteiger partial charge in [0.05, 0.1) is 13.2 Å². The number of amides is 1. The lowest BCUT2D eigenvalue weighted by Gasteiger charge is -2.05. The molecule has 0 aromatic heterocycles. The highest BCUT2D eigenvalue weighted by Crippen LogP contribution is 2.14. The molecule has 0 bridgehead atoms. The molecule has 0 aliphatic heterocycles. The Kier molecular flexibility index (Phi) is 5.92. The topological polar surface area (TPSA) is 47.6 Å². The molecule has 1 aromatic carbocycles. The van der Waals surface area contributed by atoms with E-state index in [0.717, 1.165) is 4.90 Å². The van der Waals surface area contributed by atoms with Gasteiger partial charge in [-0.15, -0.1) is 11.8 Å². The van der Waals surface area contributed by atoms with Crippen molar-refractivity contribution in [3.63, 3.8) is 0 Å². The van der Waals surface area contributed by atoms with Crippen LogP contribution in [-0.4, -0.2) is 32.5 Å². The van der Waals surface area contributed by atoms with Crippen molar-refractivity contribution in [2.75, 3.05) is 26.6 Å². The average molecular weight is 241 g/mol. The SMILES string of the molecule is COCCONC(=O)c1ccc(SC)cc1. The van der Waals surface area contributed by atoms with Crippen LogP contribution >= 0.6 is 11.8 Å². The number of thioether (sulfide) groups is 1. The number of nitrogens with one attached hydrogen (secondary N) is 1. The molecule has 1 rings (SSSR count). The third-order valence-corrected chi connectivity index (χ3v) is 2.65. The van der Waals surface area contributed by atoms with Crippen molar-refractivity contribution in [1.82, 2.24) is 5.48 Å². The fourth-order valence-corrected chi connectivity index (χ4v) is 1.45. The molecule has 0 aliphatic rings. The number of benzene rings is 1. The molecule has 16 heavy (non-hydrogen) atoms. The molecule has 0 atom stereocenters. The Hall–Kier alpha value is -1.04. The van der Waals surface area contributed by atoms with Gasteiger partial charge in [0.25, 0.3) is 5.91 Å². The van der Waals surface area contributed by atoms with E-state index in [9.17, 15) is 4.79 Å². The van der Waals surface area contributed by atoms with Crippen molar-refractivity contribution in [3.8, 4) is 0 Å². The Morgan fingerprint density at radius 1 is 1.31 bits per heavy atom. The van der Waals surface area contributed by atoms with Crippen molar-refractivity contribution < 1.29 is 14.4 Å². The lowest BCUT2D eigenvalue weighted by molar-refractivity contribution is 0.00888. The molecule has 0 unspecified atom stereocenters. The van der Waals surface area contributed by atoms with Crippen LogP contribution in [0.5, 0.6) is 0 Å². The predicted molar refractivity (Wildman–Crippen MR) is 63.5 cm³/mol. The first-order chi connectivity index (χ1) is 7.77. The molecule has 0 fully saturated rings. The van der Waals surface area contributed by atoms with Gasteiger partial charge in [-0.25, -0.2) is 5.48 Å². The van der Waals surface area contributed by atoms with Crippen LogP contribution in [0.15, 0.2) is 29.2 Å². The number of hydroxylamine groups is 1. The van der Waals surface area contributed by atoms with Crippen molar-refractivity contribution in [2.45, 2.75) is 4.90 Å². The van der Waals surface area contributed by atoms with E-state index >= 15 is 0 Å². The highest BCUT2D eigenvalue weighted by Gasteiger charge is 2.04. The minimum Gasteiger partial charge on any atom is -0.382 e. The maximum atomic E-state index is 11.5. The summed E-state index contributed by atoms with van der Waals surface area (Å²) >= 11 is 1.63. The number of hydrogen-bond donors (Lipinski definition) is 1. The van der Waals surface area contributed by atoms with Gasteiger partial charge in [0.15, 0.2) is 0 Å². The average Bonchev–Trinajstić information content (AvgIpc) is 2.34. The molecule has 0 saturated heterocycles. The van der Waals surface area contributed by atoms with Gasteiger partial charge in [0, 0.05) is 17.6 Å². The van der Waals surface area contributed by atoms with Crippen molar-refractivity contribution >= 4 is 17.7 Å². The van der Waals surface area contributed by atoms with Crippen molar-refractivity contribution in [3.05, 3.63) is 29.8 Å². The predicted octanol–water partition coefficient (Wildman–Crippen LogP) is 1.72. The third kappa shape index (κ3) is 4.22. The molecule has 0 saturated carbocycles. The molecule has 4 nitrogen and oxygen atoms in total. The molecule has 0 radical (unpaired) electrons. The van der Waals surface area contributed by atoms with Gasteiger partial charge >= 0.3 is 0 Å². The van der Waals surface area contributed by atoms with Crippen LogP contribution in [0.4, 0.5) is 0 Å². The van der Waals surface area contributed by atoms with E-state index in [0.29, 0.717) is 18.8 Å². The van der Waals surface area contributed by atoms with E-state index in [1.165, 1.54) is 0 Å². The minimum atomic E-state index is -0.247. The molecule has 1 aromatic rings. The largest absolute Gasteiger partial charge is 0.382 e. The summed E-state index contributed by atoms with van der Waals surface area (Å²) in [5.74, 6) is -0.247. The first-order valence-electron chi connectivity index (χ1n) is 4.83. The Morgan fingerprint density at radius 2 is 2.00 bits per heavy atom. The number of hydrogen-bond acceptors (Lipinski definition) is 4. The van der Waals surface area contributed by atoms with Crippen LogP contribution < -0.4 is 5.48 Å². The van der Waals surface area contributed by atoms with Gasteiger partial charge in [-0.1, -0.05) is 0 Å². The molecule has 1 amide bonds. The quantitative estimate of drug-likeness (QED) is 0.468. The fourth-order valence-electron chi connectivity index (χ4n) is 1.04. The summed E-state index contributed by atoms with van der Waals surface area (Å²) < 4.78 is 4.78. The normalized spacial score (nSPS) is 10.1. The Balaban J connectivity index is 2.40. The van der Waals surface area contributed by atoms with E-state index in [-0.39, 0.29) is 5.91 Å². The number of ether oxygens (including phenoxy) is 1. The van der Waals surface area contributed by atoms with Crippen molar-refractivity contribution in [1.29, 1.82) is 0 Å². The first kappa shape index (κ1) is 13.0. The van der Waals surface area contributed by atoms with Crippen molar-refractivity contribution in [2.24, 2.45) is 0 Å². The number of carbonyl (C=O) groups is 1. The summed E-state index contributed by atoms with van der Waals surface area (Å²) in [7, 11) is 1.58. The lowest BCUT2D eigenvalue weighted by Crippen LogP contribution is -2.25. The highest BCUT2D eigenvalue weighted by molar-refractivity contribution is 7.98. The van der Waals surface area contributed by atoms with Gasteiger partial charge in [0.1, 0.15) is 0 Å². The highest BCUT2D eigenvalue weighted by atomic mass is 32.2. The van der Waals surface area contributed by atoms with Gasteiger partial charge in [-0.3, -0.25) is 9.63 Å². The van der Waals surface area contributed by atoms with Crippen LogP contribution in [0, 0.1) is 0 Å². The lowest BCUT2D eigenvalue weighted by atomic mass is 10.2. The van der Waals surface area contributed by atoms with E-state index in [1.54, 1.807) is 31.0 Å². The number of carbonyl (C=O) groups excluding carboxylic acids is 1. The minimum absolute atomic E-state index is 0.247.